The zero-order chi connectivity index (χ0) is 20.7. The van der Waals surface area contributed by atoms with E-state index < -0.39 is 25.1 Å². The van der Waals surface area contributed by atoms with Crippen LogP contribution in [0.15, 0.2) is 48.5 Å². The van der Waals surface area contributed by atoms with Gasteiger partial charge in [0.1, 0.15) is 11.3 Å². The van der Waals surface area contributed by atoms with Crippen LogP contribution < -0.4 is 9.64 Å². The molecule has 0 aliphatic rings. The molecule has 6 nitrogen and oxygen atoms in total. The second-order valence-electron chi connectivity index (χ2n) is 6.26. The molecule has 28 heavy (non-hydrogen) atoms. The van der Waals surface area contributed by atoms with Crippen LogP contribution in [0.5, 0.6) is 5.75 Å². The Morgan fingerprint density at radius 2 is 1.64 bits per heavy atom. The summed E-state index contributed by atoms with van der Waals surface area (Å²) in [6.07, 6.45) is 0. The number of alkyl halides is 2. The summed E-state index contributed by atoms with van der Waals surface area (Å²) in [6, 6.07) is 13.2. The number of ether oxygens (including phenoxy) is 2. The van der Waals surface area contributed by atoms with Crippen LogP contribution in [0.1, 0.15) is 15.9 Å². The van der Waals surface area contributed by atoms with Crippen LogP contribution >= 0.6 is 0 Å². The fourth-order valence-corrected chi connectivity index (χ4v) is 2.41. The quantitative estimate of drug-likeness (QED) is 0.646. The fourth-order valence-electron chi connectivity index (χ4n) is 2.41. The van der Waals surface area contributed by atoms with E-state index in [1.165, 1.54) is 29.2 Å². The molecule has 150 valence electrons. The number of amides is 1. The minimum Gasteiger partial charge on any atom is -0.452 e. The molecule has 0 fully saturated rings. The van der Waals surface area contributed by atoms with Crippen molar-refractivity contribution in [2.24, 2.45) is 0 Å². The van der Waals surface area contributed by atoms with Crippen molar-refractivity contribution in [3.8, 4) is 5.75 Å². The summed E-state index contributed by atoms with van der Waals surface area (Å²) >= 11 is 0. The number of halogens is 2. The Bertz CT molecular complexity index is 810. The van der Waals surface area contributed by atoms with Gasteiger partial charge in [0.15, 0.2) is 6.61 Å². The first-order valence-electron chi connectivity index (χ1n) is 8.49. The molecule has 0 aromatic heterocycles. The first kappa shape index (κ1) is 21.1. The molecule has 0 atom stereocenters. The summed E-state index contributed by atoms with van der Waals surface area (Å²) in [5.74, 6) is -1.63. The van der Waals surface area contributed by atoms with Crippen molar-refractivity contribution < 1.29 is 27.8 Å². The molecule has 0 saturated carbocycles. The number of likely N-dealkylation sites (N-methyl/N-ethyl adjacent to an activating group) is 1. The van der Waals surface area contributed by atoms with Gasteiger partial charge >= 0.3 is 12.6 Å². The molecule has 0 saturated heterocycles. The van der Waals surface area contributed by atoms with Gasteiger partial charge < -0.3 is 19.3 Å². The molecule has 0 radical (unpaired) electrons. The van der Waals surface area contributed by atoms with Gasteiger partial charge in [-0.15, -0.1) is 0 Å². The average molecular weight is 392 g/mol. The van der Waals surface area contributed by atoms with Gasteiger partial charge in [-0.2, -0.15) is 8.78 Å². The highest BCUT2D eigenvalue weighted by molar-refractivity contribution is 5.94. The molecule has 8 heteroatoms. The lowest BCUT2D eigenvalue weighted by molar-refractivity contribution is -0.133. The number of benzene rings is 2. The Hall–Kier alpha value is -3.16. The van der Waals surface area contributed by atoms with Crippen molar-refractivity contribution >= 4 is 17.6 Å². The van der Waals surface area contributed by atoms with E-state index in [1.807, 2.05) is 43.3 Å². The molecule has 2 aromatic carbocycles. The number of rotatable bonds is 8. The maximum Gasteiger partial charge on any atom is 0.387 e. The molecule has 0 aliphatic carbocycles. The molecule has 2 rings (SSSR count). The molecule has 0 heterocycles. The highest BCUT2D eigenvalue weighted by Crippen LogP contribution is 2.21. The predicted octanol–water partition coefficient (Wildman–Crippen LogP) is 3.17. The molecular formula is C20H22F2N2O4. The lowest BCUT2D eigenvalue weighted by atomic mass is 10.2. The number of hydrogen-bond donors (Lipinski definition) is 0. The number of carbonyl (C=O) groups excluding carboxylic acids is 2. The Morgan fingerprint density at radius 1 is 1.00 bits per heavy atom. The standard InChI is InChI=1S/C20H22F2N2O4/c1-23(2)15-10-8-14(9-11-15)12-24(3)18(25)13-27-19(26)16-6-4-5-7-17(16)28-20(21)22/h4-11,20H,12-13H2,1-3H3. The van der Waals surface area contributed by atoms with E-state index >= 15 is 0 Å². The number of para-hydroxylation sites is 1. The highest BCUT2D eigenvalue weighted by atomic mass is 19.3. The van der Waals surface area contributed by atoms with Crippen molar-refractivity contribution in [1.82, 2.24) is 4.90 Å². The maximum absolute atomic E-state index is 12.4. The lowest BCUT2D eigenvalue weighted by Crippen LogP contribution is -2.31. The third-order valence-corrected chi connectivity index (χ3v) is 3.95. The molecule has 0 unspecified atom stereocenters. The van der Waals surface area contributed by atoms with Gasteiger partial charge in [-0.25, -0.2) is 4.79 Å². The third-order valence-electron chi connectivity index (χ3n) is 3.95. The summed E-state index contributed by atoms with van der Waals surface area (Å²) in [7, 11) is 5.46. The average Bonchev–Trinajstić information content (AvgIpc) is 2.66. The Kier molecular flexibility index (Phi) is 7.31. The van der Waals surface area contributed by atoms with E-state index in [2.05, 4.69) is 4.74 Å². The first-order valence-corrected chi connectivity index (χ1v) is 8.49. The van der Waals surface area contributed by atoms with Crippen molar-refractivity contribution in [2.75, 3.05) is 32.6 Å². The van der Waals surface area contributed by atoms with E-state index in [0.29, 0.717) is 6.54 Å². The second kappa shape index (κ2) is 9.68. The fraction of sp³-hybridized carbons (Fsp3) is 0.300. The molecule has 0 N–H and O–H groups in total. The van der Waals surface area contributed by atoms with Crippen LogP contribution in [0.4, 0.5) is 14.5 Å². The number of carbonyl (C=O) groups is 2. The normalized spacial score (nSPS) is 10.5. The summed E-state index contributed by atoms with van der Waals surface area (Å²) in [4.78, 5) is 27.7. The topological polar surface area (TPSA) is 59.1 Å². The molecule has 0 bridgehead atoms. The van der Waals surface area contributed by atoms with Crippen molar-refractivity contribution in [3.05, 3.63) is 59.7 Å². The molecule has 2 aromatic rings. The van der Waals surface area contributed by atoms with Crippen molar-refractivity contribution in [1.29, 1.82) is 0 Å². The summed E-state index contributed by atoms with van der Waals surface area (Å²) in [5.41, 5.74) is 1.79. The predicted molar refractivity (Wildman–Crippen MR) is 101 cm³/mol. The minimum atomic E-state index is -3.07. The van der Waals surface area contributed by atoms with Gasteiger partial charge in [0.2, 0.25) is 0 Å². The van der Waals surface area contributed by atoms with Gasteiger partial charge in [0.05, 0.1) is 0 Å². The first-order chi connectivity index (χ1) is 13.3. The number of anilines is 1. The van der Waals surface area contributed by atoms with Crippen molar-refractivity contribution in [3.63, 3.8) is 0 Å². The summed E-state index contributed by atoms with van der Waals surface area (Å²) in [6.45, 7) is -3.23. The van der Waals surface area contributed by atoms with Gasteiger partial charge in [-0.05, 0) is 29.8 Å². The number of nitrogens with zero attached hydrogens (tertiary/aromatic N) is 2. The molecule has 0 spiro atoms. The van der Waals surface area contributed by atoms with Crippen LogP contribution in [0.2, 0.25) is 0 Å². The van der Waals surface area contributed by atoms with Gasteiger partial charge in [0, 0.05) is 33.4 Å². The van der Waals surface area contributed by atoms with Gasteiger partial charge in [0.25, 0.3) is 5.91 Å². The van der Waals surface area contributed by atoms with E-state index in [0.717, 1.165) is 11.3 Å². The van der Waals surface area contributed by atoms with E-state index in [-0.39, 0.29) is 11.3 Å². The van der Waals surface area contributed by atoms with Crippen molar-refractivity contribution in [2.45, 2.75) is 13.2 Å². The Balaban J connectivity index is 1.91. The minimum absolute atomic E-state index is 0.169. The largest absolute Gasteiger partial charge is 0.452 e. The SMILES string of the molecule is CN(Cc1ccc(N(C)C)cc1)C(=O)COC(=O)c1ccccc1OC(F)F. The molecular weight excluding hydrogens is 370 g/mol. The molecule has 1 amide bonds. The van der Waals surface area contributed by atoms with Gasteiger partial charge in [-0.1, -0.05) is 24.3 Å². The highest BCUT2D eigenvalue weighted by Gasteiger charge is 2.19. The van der Waals surface area contributed by atoms with E-state index in [9.17, 15) is 18.4 Å². The summed E-state index contributed by atoms with van der Waals surface area (Å²) < 4.78 is 34.1. The van der Waals surface area contributed by atoms with Crippen LogP contribution in [-0.2, 0) is 16.1 Å². The van der Waals surface area contributed by atoms with Crippen LogP contribution in [0, 0.1) is 0 Å². The zero-order valence-corrected chi connectivity index (χ0v) is 15.9. The Labute approximate surface area is 162 Å². The van der Waals surface area contributed by atoms with E-state index in [4.69, 9.17) is 4.74 Å². The molecule has 0 aliphatic heterocycles. The number of esters is 1. The van der Waals surface area contributed by atoms with E-state index in [1.54, 1.807) is 7.05 Å². The monoisotopic (exact) mass is 392 g/mol. The number of hydrogen-bond acceptors (Lipinski definition) is 5. The Morgan fingerprint density at radius 3 is 2.25 bits per heavy atom. The second-order valence-corrected chi connectivity index (χ2v) is 6.26. The smallest absolute Gasteiger partial charge is 0.387 e. The lowest BCUT2D eigenvalue weighted by Gasteiger charge is -2.18. The maximum atomic E-state index is 12.4. The van der Waals surface area contributed by atoms with Crippen LogP contribution in [-0.4, -0.2) is 51.1 Å². The summed E-state index contributed by atoms with van der Waals surface area (Å²) in [5, 5.41) is 0. The van der Waals surface area contributed by atoms with Crippen LogP contribution in [0.3, 0.4) is 0 Å². The third kappa shape index (κ3) is 5.94. The van der Waals surface area contributed by atoms with Crippen LogP contribution in [0.25, 0.3) is 0 Å². The zero-order valence-electron chi connectivity index (χ0n) is 15.9. The van der Waals surface area contributed by atoms with Gasteiger partial charge in [-0.3, -0.25) is 4.79 Å².